The van der Waals surface area contributed by atoms with Gasteiger partial charge in [-0.1, -0.05) is 64.4 Å². The lowest BCUT2D eigenvalue weighted by atomic mass is 9.92. The van der Waals surface area contributed by atoms with Gasteiger partial charge in [0.25, 0.3) is 0 Å². The third kappa shape index (κ3) is 4.13. The number of benzene rings is 3. The van der Waals surface area contributed by atoms with Crippen LogP contribution in [-0.2, 0) is 23.6 Å². The molecule has 1 aliphatic heterocycles. The highest BCUT2D eigenvalue weighted by atomic mass is 32.3. The van der Waals surface area contributed by atoms with Crippen LogP contribution in [0.4, 0.5) is 13.2 Å². The highest BCUT2D eigenvalue weighted by Crippen LogP contribution is 2.41. The minimum Gasteiger partial charge on any atom is -0.481 e. The summed E-state index contributed by atoms with van der Waals surface area (Å²) in [6, 6.07) is 23.3. The van der Waals surface area contributed by atoms with Crippen molar-refractivity contribution in [3.8, 4) is 5.75 Å². The smallest absolute Gasteiger partial charge is 0.481 e. The second-order valence-corrected chi connectivity index (χ2v) is 12.7. The fourth-order valence-corrected chi connectivity index (χ4v) is 9.15. The normalized spacial score (nSPS) is 17.6. The van der Waals surface area contributed by atoms with Crippen LogP contribution in [0.2, 0.25) is 0 Å². The number of rotatable bonds is 4. The average molecular weight is 548 g/mol. The Balaban J connectivity index is 1.85. The molecule has 0 saturated carbocycles. The first-order valence-electron chi connectivity index (χ1n) is 10.7. The molecule has 4 nitrogen and oxygen atoms in total. The SMILES string of the molecule is O=S(=O)(O[S+](=C1C=CC2Oc3ccccc3C(=S)C2=C1)(c1ccccc1)c1ccccc1)C(F)(F)F. The van der Waals surface area contributed by atoms with Gasteiger partial charge in [-0.2, -0.15) is 21.6 Å². The predicted octanol–water partition coefficient (Wildman–Crippen LogP) is 5.89. The number of thiocarbonyl (C=S) groups is 1. The number of fused-ring (bicyclic) bond motifs is 2. The van der Waals surface area contributed by atoms with Crippen LogP contribution < -0.4 is 4.74 Å². The summed E-state index contributed by atoms with van der Waals surface area (Å²) in [4.78, 5) is 1.27. The zero-order chi connectivity index (χ0) is 25.6. The van der Waals surface area contributed by atoms with Gasteiger partial charge in [-0.15, -0.1) is 0 Å². The Kier molecular flexibility index (Phi) is 6.24. The highest BCUT2D eigenvalue weighted by Gasteiger charge is 2.55. The summed E-state index contributed by atoms with van der Waals surface area (Å²) < 4.78 is 77.4. The van der Waals surface area contributed by atoms with E-state index < -0.39 is 31.6 Å². The molecule has 184 valence electrons. The molecule has 3 aromatic carbocycles. The van der Waals surface area contributed by atoms with Gasteiger partial charge in [0.05, 0.1) is 4.86 Å². The fraction of sp³-hybridized carbons (Fsp3) is 0.0769. The average Bonchev–Trinajstić information content (AvgIpc) is 2.88. The molecule has 0 radical (unpaired) electrons. The monoisotopic (exact) mass is 547 g/mol. The van der Waals surface area contributed by atoms with E-state index in [-0.39, 0.29) is 14.7 Å². The van der Waals surface area contributed by atoms with Crippen LogP contribution >= 0.6 is 12.2 Å². The number of allylic oxidation sites excluding steroid dienone is 2. The molecular formula is C26H18F3O4S3+. The van der Waals surface area contributed by atoms with Crippen molar-refractivity contribution in [1.82, 2.24) is 0 Å². The lowest BCUT2D eigenvalue weighted by Crippen LogP contribution is -2.37. The number of alkyl halides is 3. The van der Waals surface area contributed by atoms with E-state index in [0.717, 1.165) is 0 Å². The van der Waals surface area contributed by atoms with E-state index in [4.69, 9.17) is 20.6 Å². The Labute approximate surface area is 212 Å². The summed E-state index contributed by atoms with van der Waals surface area (Å²) in [6.07, 6.45) is 4.25. The molecule has 36 heavy (non-hydrogen) atoms. The molecule has 0 aromatic heterocycles. The number of ether oxygens (including phenoxy) is 1. The molecule has 3 aromatic rings. The van der Waals surface area contributed by atoms with Crippen molar-refractivity contribution < 1.29 is 30.0 Å². The summed E-state index contributed by atoms with van der Waals surface area (Å²) in [7, 11) is -9.42. The standard InChI is InChI=1S/C26H18F3O4S3/c27-26(28,29)36(30,31)33-35(18-9-3-1-4-10-18,19-11-5-2-6-12-19)20-15-16-24-22(17-20)25(34)21-13-7-8-14-23(21)32-24/h1-17,24H/q+1. The maximum Gasteiger partial charge on any atom is 0.527 e. The summed E-state index contributed by atoms with van der Waals surface area (Å²) in [5.41, 5.74) is -4.41. The van der Waals surface area contributed by atoms with Crippen LogP contribution in [0.15, 0.2) is 119 Å². The van der Waals surface area contributed by atoms with E-state index >= 15 is 0 Å². The Bertz CT molecular complexity index is 1520. The second-order valence-electron chi connectivity index (χ2n) is 7.88. The Morgan fingerprint density at radius 3 is 2.00 bits per heavy atom. The fourth-order valence-electron chi connectivity index (χ4n) is 4.02. The van der Waals surface area contributed by atoms with Gasteiger partial charge in [-0.3, -0.25) is 0 Å². The number of halogens is 3. The highest BCUT2D eigenvalue weighted by molar-refractivity contribution is 8.15. The molecule has 0 saturated heterocycles. The second kappa shape index (κ2) is 9.11. The topological polar surface area (TPSA) is 52.6 Å². The van der Waals surface area contributed by atoms with Crippen molar-refractivity contribution in [3.05, 3.63) is 114 Å². The molecule has 0 spiro atoms. The van der Waals surface area contributed by atoms with Gasteiger partial charge in [0.15, 0.2) is 14.7 Å². The number of para-hydroxylation sites is 1. The molecule has 10 heteroatoms. The minimum atomic E-state index is -6.00. The van der Waals surface area contributed by atoms with E-state index in [1.807, 2.05) is 6.07 Å². The van der Waals surface area contributed by atoms with Crippen molar-refractivity contribution in [1.29, 1.82) is 0 Å². The van der Waals surface area contributed by atoms with Crippen LogP contribution in [0.3, 0.4) is 0 Å². The quantitative estimate of drug-likeness (QED) is 0.232. The van der Waals surface area contributed by atoms with E-state index in [1.54, 1.807) is 97.1 Å². The van der Waals surface area contributed by atoms with Gasteiger partial charge in [-0.25, -0.2) is 0 Å². The van der Waals surface area contributed by atoms with Crippen LogP contribution in [0, 0.1) is 0 Å². The third-order valence-electron chi connectivity index (χ3n) is 5.64. The van der Waals surface area contributed by atoms with Gasteiger partial charge < -0.3 is 4.74 Å². The van der Waals surface area contributed by atoms with E-state index in [9.17, 15) is 21.6 Å². The van der Waals surface area contributed by atoms with Crippen molar-refractivity contribution in [2.24, 2.45) is 0 Å². The largest absolute Gasteiger partial charge is 0.527 e. The summed E-state index contributed by atoms with van der Waals surface area (Å²) in [5, 5.41) is 0. The summed E-state index contributed by atoms with van der Waals surface area (Å²) in [5.74, 6) is 0.596. The maximum absolute atomic E-state index is 13.7. The lowest BCUT2D eigenvalue weighted by molar-refractivity contribution is -0.0496. The minimum absolute atomic E-state index is 0.240. The molecule has 0 bridgehead atoms. The first kappa shape index (κ1) is 24.6. The van der Waals surface area contributed by atoms with Gasteiger partial charge in [0.1, 0.15) is 21.8 Å². The molecule has 1 atom stereocenters. The number of hydrogen-bond acceptors (Lipinski definition) is 5. The molecular weight excluding hydrogens is 529 g/mol. The first-order valence-corrected chi connectivity index (χ1v) is 14.0. The third-order valence-corrected chi connectivity index (χ3v) is 11.0. The maximum atomic E-state index is 13.7. The summed E-state index contributed by atoms with van der Waals surface area (Å²) >= 11 is 5.71. The van der Waals surface area contributed by atoms with Crippen molar-refractivity contribution in [3.63, 3.8) is 0 Å². The van der Waals surface area contributed by atoms with Crippen LogP contribution in [-0.4, -0.2) is 29.8 Å². The molecule has 2 aliphatic rings. The van der Waals surface area contributed by atoms with Crippen LogP contribution in [0.1, 0.15) is 5.56 Å². The zero-order valence-electron chi connectivity index (χ0n) is 18.4. The van der Waals surface area contributed by atoms with Gasteiger partial charge in [0.2, 0.25) is 0 Å². The van der Waals surface area contributed by atoms with E-state index in [2.05, 4.69) is 0 Å². The molecule has 1 unspecified atom stereocenters. The predicted molar refractivity (Wildman–Crippen MR) is 138 cm³/mol. The van der Waals surface area contributed by atoms with Gasteiger partial charge in [-0.05, 0) is 48.6 Å². The molecule has 0 N–H and O–H groups in total. The Morgan fingerprint density at radius 2 is 1.42 bits per heavy atom. The van der Waals surface area contributed by atoms with Crippen LogP contribution in [0.5, 0.6) is 5.75 Å². The Hall–Kier alpha value is -3.05. The first-order chi connectivity index (χ1) is 17.1. The molecule has 5 rings (SSSR count). The van der Waals surface area contributed by atoms with Gasteiger partial charge in [0, 0.05) is 17.2 Å². The zero-order valence-corrected chi connectivity index (χ0v) is 20.8. The summed E-state index contributed by atoms with van der Waals surface area (Å²) in [6.45, 7) is 0. The van der Waals surface area contributed by atoms with Crippen molar-refractivity contribution in [2.45, 2.75) is 21.4 Å². The number of hydrogen-bond donors (Lipinski definition) is 0. The molecule has 0 amide bonds. The molecule has 1 aliphatic carbocycles. The van der Waals surface area contributed by atoms with E-state index in [1.165, 1.54) is 0 Å². The van der Waals surface area contributed by atoms with Crippen molar-refractivity contribution >= 4 is 42.0 Å². The lowest BCUT2D eigenvalue weighted by Gasteiger charge is -2.30. The molecule has 1 heterocycles. The van der Waals surface area contributed by atoms with Crippen molar-refractivity contribution in [2.75, 3.05) is 0 Å². The molecule has 0 fully saturated rings. The van der Waals surface area contributed by atoms with Gasteiger partial charge >= 0.3 is 15.6 Å². The van der Waals surface area contributed by atoms with Crippen LogP contribution in [0.25, 0.3) is 0 Å². The van der Waals surface area contributed by atoms with E-state index in [0.29, 0.717) is 21.8 Å². The Morgan fingerprint density at radius 1 is 0.861 bits per heavy atom.